The molecule has 0 radical (unpaired) electrons. The highest BCUT2D eigenvalue weighted by Gasteiger charge is 2.35. The number of halogens is 1. The maximum Gasteiger partial charge on any atom is 0.123 e. The molecule has 0 aliphatic heterocycles. The van der Waals surface area contributed by atoms with E-state index in [1.165, 1.54) is 37.7 Å². The SMILES string of the molecule is IOCCCOC1=C(C2=C(P(c3ccccc3)c3ccccc3)C=CCC2)[C@H](P(c2ccccc2)c2ccccc2)CC=C1. The van der Waals surface area contributed by atoms with E-state index in [4.69, 9.17) is 7.80 Å². The summed E-state index contributed by atoms with van der Waals surface area (Å²) in [7, 11) is -1.45. The molecule has 0 spiro atoms. The van der Waals surface area contributed by atoms with E-state index in [1.54, 1.807) is 0 Å². The summed E-state index contributed by atoms with van der Waals surface area (Å²) >= 11 is 1.97. The van der Waals surface area contributed by atoms with Gasteiger partial charge in [-0.15, -0.1) is 0 Å². The van der Waals surface area contributed by atoms with E-state index in [9.17, 15) is 0 Å². The first-order valence-electron chi connectivity index (χ1n) is 15.3. The van der Waals surface area contributed by atoms with E-state index in [2.05, 4.69) is 146 Å². The fourth-order valence-corrected chi connectivity index (χ4v) is 11.8. The van der Waals surface area contributed by atoms with Gasteiger partial charge in [-0.1, -0.05) is 140 Å². The fourth-order valence-electron chi connectivity index (χ4n) is 6.08. The van der Waals surface area contributed by atoms with Crippen molar-refractivity contribution in [2.75, 3.05) is 13.2 Å². The molecule has 4 aromatic carbocycles. The van der Waals surface area contributed by atoms with Crippen LogP contribution in [-0.4, -0.2) is 18.9 Å². The molecular formula is C39H37IO2P2. The highest BCUT2D eigenvalue weighted by molar-refractivity contribution is 14.1. The van der Waals surface area contributed by atoms with Crippen molar-refractivity contribution in [3.05, 3.63) is 168 Å². The topological polar surface area (TPSA) is 18.5 Å². The van der Waals surface area contributed by atoms with Gasteiger partial charge in [-0.3, -0.25) is 0 Å². The smallest absolute Gasteiger partial charge is 0.123 e. The molecule has 5 heteroatoms. The van der Waals surface area contributed by atoms with E-state index in [1.807, 2.05) is 23.0 Å². The number of rotatable bonds is 12. The standard InChI is InChI=1S/C39H37IO2P2/c40-42-30-16-29-41-36-26-15-28-38(44(33-21-9-3-10-22-33)34-23-11-4-12-24-34)39(36)35-25-13-14-27-37(35)43(31-17-5-1-6-18-31)32-19-7-2-8-20-32/h1-12,14-15,17-24,26-27,38H,13,16,25,28-30H2/t38-/m1/s1. The van der Waals surface area contributed by atoms with Gasteiger partial charge < -0.3 is 7.80 Å². The Morgan fingerprint density at radius 2 is 1.18 bits per heavy atom. The van der Waals surface area contributed by atoms with Crippen molar-refractivity contribution in [1.29, 1.82) is 0 Å². The lowest BCUT2D eigenvalue weighted by molar-refractivity contribution is 0.201. The van der Waals surface area contributed by atoms with Gasteiger partial charge in [-0.2, -0.15) is 0 Å². The molecule has 0 bridgehead atoms. The van der Waals surface area contributed by atoms with Crippen LogP contribution in [-0.2, 0) is 7.80 Å². The molecule has 0 heterocycles. The first kappa shape index (κ1) is 31.2. The Morgan fingerprint density at radius 3 is 1.73 bits per heavy atom. The van der Waals surface area contributed by atoms with E-state index in [0.29, 0.717) is 18.9 Å². The van der Waals surface area contributed by atoms with Gasteiger partial charge in [-0.25, -0.2) is 0 Å². The monoisotopic (exact) mass is 726 g/mol. The minimum absolute atomic E-state index is 0.301. The molecule has 6 rings (SSSR count). The van der Waals surface area contributed by atoms with Crippen LogP contribution < -0.4 is 21.2 Å². The van der Waals surface area contributed by atoms with Crippen molar-refractivity contribution in [1.82, 2.24) is 0 Å². The molecule has 2 nitrogen and oxygen atoms in total. The first-order valence-corrected chi connectivity index (χ1v) is 18.9. The minimum atomic E-state index is -0.752. The highest BCUT2D eigenvalue weighted by Crippen LogP contribution is 2.55. The number of hydrogen-bond acceptors (Lipinski definition) is 2. The van der Waals surface area contributed by atoms with Crippen molar-refractivity contribution < 1.29 is 7.80 Å². The van der Waals surface area contributed by atoms with Gasteiger partial charge in [0.05, 0.1) is 13.2 Å². The Labute approximate surface area is 278 Å². The predicted octanol–water partition coefficient (Wildman–Crippen LogP) is 9.21. The van der Waals surface area contributed by atoms with Crippen molar-refractivity contribution in [3.8, 4) is 0 Å². The molecule has 2 aliphatic rings. The number of benzene rings is 4. The van der Waals surface area contributed by atoms with Crippen molar-refractivity contribution in [2.24, 2.45) is 0 Å². The van der Waals surface area contributed by atoms with Crippen LogP contribution in [0.15, 0.2) is 168 Å². The summed E-state index contributed by atoms with van der Waals surface area (Å²) in [4.78, 5) is 0. The number of allylic oxidation sites excluding steroid dienone is 7. The molecule has 0 saturated carbocycles. The van der Waals surface area contributed by atoms with E-state index < -0.39 is 15.8 Å². The van der Waals surface area contributed by atoms with Crippen LogP contribution in [0.3, 0.4) is 0 Å². The lowest BCUT2D eigenvalue weighted by atomic mass is 9.90. The molecule has 0 fully saturated rings. The third-order valence-electron chi connectivity index (χ3n) is 7.97. The second-order valence-electron chi connectivity index (χ2n) is 10.8. The Balaban J connectivity index is 1.57. The lowest BCUT2D eigenvalue weighted by Crippen LogP contribution is -2.27. The zero-order valence-corrected chi connectivity index (χ0v) is 28.7. The third kappa shape index (κ3) is 7.35. The van der Waals surface area contributed by atoms with Crippen molar-refractivity contribution in [3.63, 3.8) is 0 Å². The van der Waals surface area contributed by atoms with Crippen LogP contribution in [0.2, 0.25) is 0 Å². The zero-order chi connectivity index (χ0) is 30.0. The van der Waals surface area contributed by atoms with Gasteiger partial charge in [0.2, 0.25) is 0 Å². The quantitative estimate of drug-likeness (QED) is 0.0824. The van der Waals surface area contributed by atoms with Crippen molar-refractivity contribution in [2.45, 2.75) is 31.3 Å². The molecule has 222 valence electrons. The van der Waals surface area contributed by atoms with Crippen molar-refractivity contribution >= 4 is 60.1 Å². The Morgan fingerprint density at radius 1 is 0.636 bits per heavy atom. The van der Waals surface area contributed by atoms with Crippen LogP contribution in [0.4, 0.5) is 0 Å². The molecule has 0 unspecified atom stereocenters. The van der Waals surface area contributed by atoms with Crippen LogP contribution in [0.1, 0.15) is 25.7 Å². The van der Waals surface area contributed by atoms with Crippen LogP contribution >= 0.6 is 38.8 Å². The fraction of sp³-hybridized carbons (Fsp3) is 0.179. The Hall–Kier alpha value is -2.81. The normalized spacial score (nSPS) is 16.7. The molecule has 0 N–H and O–H groups in total. The van der Waals surface area contributed by atoms with E-state index >= 15 is 0 Å². The van der Waals surface area contributed by atoms with Gasteiger partial charge in [0.25, 0.3) is 0 Å². The van der Waals surface area contributed by atoms with Gasteiger partial charge in [0.15, 0.2) is 0 Å². The number of hydrogen-bond donors (Lipinski definition) is 0. The molecular weight excluding hydrogens is 689 g/mol. The summed E-state index contributed by atoms with van der Waals surface area (Å²) in [6, 6.07) is 44.5. The third-order valence-corrected chi connectivity index (χ3v) is 13.7. The molecule has 4 aromatic rings. The average molecular weight is 727 g/mol. The van der Waals surface area contributed by atoms with Gasteiger partial charge in [-0.05, 0) is 73.3 Å². The summed E-state index contributed by atoms with van der Waals surface area (Å²) in [5, 5.41) is 7.03. The van der Waals surface area contributed by atoms with Gasteiger partial charge in [0, 0.05) is 17.7 Å². The summed E-state index contributed by atoms with van der Waals surface area (Å²) in [6.45, 7) is 1.32. The molecule has 44 heavy (non-hydrogen) atoms. The Kier molecular flexibility index (Phi) is 11.3. The van der Waals surface area contributed by atoms with Gasteiger partial charge >= 0.3 is 0 Å². The average Bonchev–Trinajstić information content (AvgIpc) is 3.09. The predicted molar refractivity (Wildman–Crippen MR) is 199 cm³/mol. The zero-order valence-electron chi connectivity index (χ0n) is 24.8. The van der Waals surface area contributed by atoms with Crippen LogP contribution in [0, 0.1) is 0 Å². The highest BCUT2D eigenvalue weighted by atomic mass is 127. The largest absolute Gasteiger partial charge is 0.493 e. The summed E-state index contributed by atoms with van der Waals surface area (Å²) in [5.74, 6) is 1.04. The first-order chi connectivity index (χ1) is 21.8. The van der Waals surface area contributed by atoms with Gasteiger partial charge in [0.1, 0.15) is 28.8 Å². The molecule has 2 aliphatic carbocycles. The second kappa shape index (κ2) is 16.0. The summed E-state index contributed by atoms with van der Waals surface area (Å²) < 4.78 is 12.1. The number of ether oxygens (including phenoxy) is 1. The molecule has 0 aromatic heterocycles. The molecule has 0 saturated heterocycles. The minimum Gasteiger partial charge on any atom is -0.493 e. The maximum atomic E-state index is 6.71. The maximum absolute atomic E-state index is 6.71. The summed E-state index contributed by atoms with van der Waals surface area (Å²) in [5.41, 5.74) is 3.18. The lowest BCUT2D eigenvalue weighted by Gasteiger charge is -2.36. The van der Waals surface area contributed by atoms with Crippen LogP contribution in [0.25, 0.3) is 0 Å². The van der Waals surface area contributed by atoms with E-state index in [-0.39, 0.29) is 0 Å². The molecule has 1 atom stereocenters. The van der Waals surface area contributed by atoms with E-state index in [0.717, 1.165) is 31.4 Å². The Bertz CT molecular complexity index is 1540. The summed E-state index contributed by atoms with van der Waals surface area (Å²) in [6.07, 6.45) is 13.3. The second-order valence-corrected chi connectivity index (χ2v) is 16.0. The molecule has 0 amide bonds. The van der Waals surface area contributed by atoms with Crippen LogP contribution in [0.5, 0.6) is 0 Å².